The molecule has 9 nitrogen and oxygen atoms in total. The minimum absolute atomic E-state index is 0.322. The third kappa shape index (κ3) is 8.65. The van der Waals surface area contributed by atoms with Gasteiger partial charge in [-0.2, -0.15) is 5.10 Å². The molecular weight excluding hydrogens is 438 g/mol. The lowest BCUT2D eigenvalue weighted by Crippen LogP contribution is -2.31. The molecule has 2 aromatic carbocycles. The number of hydrazone groups is 1. The molecule has 184 valence electrons. The van der Waals surface area contributed by atoms with Gasteiger partial charge in [-0.25, -0.2) is 5.43 Å². The minimum Gasteiger partial charge on any atom is -0.493 e. The number of benzene rings is 2. The van der Waals surface area contributed by atoms with Crippen molar-refractivity contribution in [2.75, 3.05) is 34.0 Å². The van der Waals surface area contributed by atoms with Crippen LogP contribution in [-0.2, 0) is 16.0 Å². The van der Waals surface area contributed by atoms with E-state index in [1.807, 2.05) is 38.1 Å². The molecule has 2 N–H and O–H groups in total. The standard InChI is InChI=1S/C25H33N3O6/c1-5-13-34-21-10-8-19(15-23(21)33-6-2)17-27-28-25(30)16-24(29)26-12-11-18-7-9-20(31-3)22(14-18)32-4/h7-10,14-15,17H,5-6,11-13,16H2,1-4H3,(H,26,29)(H,28,30)/b27-17-. The lowest BCUT2D eigenvalue weighted by Gasteiger charge is -2.11. The molecule has 0 aliphatic carbocycles. The maximum Gasteiger partial charge on any atom is 0.249 e. The Kier molecular flexibility index (Phi) is 11.2. The van der Waals surface area contributed by atoms with Crippen LogP contribution in [0.15, 0.2) is 41.5 Å². The summed E-state index contributed by atoms with van der Waals surface area (Å²) in [6.07, 6.45) is 2.65. The highest BCUT2D eigenvalue weighted by Gasteiger charge is 2.10. The van der Waals surface area contributed by atoms with E-state index >= 15 is 0 Å². The minimum atomic E-state index is -0.507. The number of nitrogens with zero attached hydrogens (tertiary/aromatic N) is 1. The maximum absolute atomic E-state index is 12.0. The highest BCUT2D eigenvalue weighted by molar-refractivity contribution is 5.97. The predicted octanol–water partition coefficient (Wildman–Crippen LogP) is 3.09. The number of carbonyl (C=O) groups excluding carboxylic acids is 2. The largest absolute Gasteiger partial charge is 0.493 e. The summed E-state index contributed by atoms with van der Waals surface area (Å²) in [6.45, 7) is 5.41. The van der Waals surface area contributed by atoms with Gasteiger partial charge in [0.25, 0.3) is 0 Å². The molecule has 34 heavy (non-hydrogen) atoms. The Morgan fingerprint density at radius 3 is 2.38 bits per heavy atom. The summed E-state index contributed by atoms with van der Waals surface area (Å²) in [6, 6.07) is 11.0. The molecule has 0 atom stereocenters. The zero-order chi connectivity index (χ0) is 24.8. The second-order valence-electron chi connectivity index (χ2n) is 7.25. The molecule has 0 radical (unpaired) electrons. The lowest BCUT2D eigenvalue weighted by molar-refractivity contribution is -0.129. The van der Waals surface area contributed by atoms with E-state index in [-0.39, 0.29) is 12.3 Å². The van der Waals surface area contributed by atoms with Crippen LogP contribution in [0.25, 0.3) is 0 Å². The molecule has 2 amide bonds. The molecule has 0 aromatic heterocycles. The van der Waals surface area contributed by atoms with Crippen molar-refractivity contribution in [3.63, 3.8) is 0 Å². The molecule has 2 aromatic rings. The van der Waals surface area contributed by atoms with Crippen LogP contribution in [0.5, 0.6) is 23.0 Å². The monoisotopic (exact) mass is 471 g/mol. The molecule has 0 unspecified atom stereocenters. The van der Waals surface area contributed by atoms with Crippen molar-refractivity contribution in [2.24, 2.45) is 5.10 Å². The number of carbonyl (C=O) groups is 2. The van der Waals surface area contributed by atoms with Gasteiger partial charge >= 0.3 is 0 Å². The summed E-state index contributed by atoms with van der Waals surface area (Å²) in [5.74, 6) is 1.65. The van der Waals surface area contributed by atoms with Crippen LogP contribution in [0.3, 0.4) is 0 Å². The fourth-order valence-electron chi connectivity index (χ4n) is 3.01. The first kappa shape index (κ1) is 26.5. The van der Waals surface area contributed by atoms with E-state index in [0.717, 1.165) is 17.5 Å². The second kappa shape index (κ2) is 14.4. The average molecular weight is 472 g/mol. The molecule has 0 heterocycles. The molecular formula is C25H33N3O6. The van der Waals surface area contributed by atoms with Crippen molar-refractivity contribution >= 4 is 18.0 Å². The Hall–Kier alpha value is -3.75. The van der Waals surface area contributed by atoms with Crippen molar-refractivity contribution in [2.45, 2.75) is 33.1 Å². The molecule has 0 bridgehead atoms. The van der Waals surface area contributed by atoms with Crippen LogP contribution in [0, 0.1) is 0 Å². The van der Waals surface area contributed by atoms with Crippen molar-refractivity contribution in [1.82, 2.24) is 10.7 Å². The number of amides is 2. The van der Waals surface area contributed by atoms with E-state index in [2.05, 4.69) is 15.8 Å². The summed E-state index contributed by atoms with van der Waals surface area (Å²) in [7, 11) is 3.14. The van der Waals surface area contributed by atoms with E-state index in [4.69, 9.17) is 18.9 Å². The van der Waals surface area contributed by atoms with Crippen molar-refractivity contribution in [3.8, 4) is 23.0 Å². The summed E-state index contributed by atoms with van der Waals surface area (Å²) >= 11 is 0. The highest BCUT2D eigenvalue weighted by Crippen LogP contribution is 2.28. The topological polar surface area (TPSA) is 107 Å². The molecule has 0 saturated heterocycles. The van der Waals surface area contributed by atoms with Crippen LogP contribution in [-0.4, -0.2) is 52.0 Å². The first-order valence-electron chi connectivity index (χ1n) is 11.2. The fraction of sp³-hybridized carbons (Fsp3) is 0.400. The lowest BCUT2D eigenvalue weighted by atomic mass is 10.1. The second-order valence-corrected chi connectivity index (χ2v) is 7.25. The average Bonchev–Trinajstić information content (AvgIpc) is 2.83. The van der Waals surface area contributed by atoms with Crippen LogP contribution >= 0.6 is 0 Å². The van der Waals surface area contributed by atoms with E-state index in [0.29, 0.717) is 49.2 Å². The molecule has 0 aliphatic rings. The number of nitrogens with one attached hydrogen (secondary N) is 2. The summed E-state index contributed by atoms with van der Waals surface area (Å²) in [4.78, 5) is 24.1. The zero-order valence-corrected chi connectivity index (χ0v) is 20.2. The van der Waals surface area contributed by atoms with Gasteiger partial charge in [-0.15, -0.1) is 0 Å². The predicted molar refractivity (Wildman–Crippen MR) is 130 cm³/mol. The number of rotatable bonds is 14. The molecule has 0 saturated carbocycles. The van der Waals surface area contributed by atoms with Gasteiger partial charge in [-0.3, -0.25) is 9.59 Å². The van der Waals surface area contributed by atoms with E-state index < -0.39 is 5.91 Å². The van der Waals surface area contributed by atoms with Crippen LogP contribution in [0.2, 0.25) is 0 Å². The Bertz CT molecular complexity index is 977. The van der Waals surface area contributed by atoms with E-state index in [1.165, 1.54) is 6.21 Å². The van der Waals surface area contributed by atoms with Gasteiger partial charge in [-0.05, 0) is 61.2 Å². The molecule has 0 spiro atoms. The molecule has 9 heteroatoms. The quantitative estimate of drug-likeness (QED) is 0.249. The van der Waals surface area contributed by atoms with Crippen LogP contribution in [0.1, 0.15) is 37.8 Å². The van der Waals surface area contributed by atoms with Gasteiger partial charge in [-0.1, -0.05) is 13.0 Å². The third-order valence-corrected chi connectivity index (χ3v) is 4.64. The summed E-state index contributed by atoms with van der Waals surface area (Å²) in [5.41, 5.74) is 4.07. The van der Waals surface area contributed by atoms with Gasteiger partial charge < -0.3 is 24.3 Å². The number of ether oxygens (including phenoxy) is 4. The molecule has 0 aliphatic heterocycles. The molecule has 0 fully saturated rings. The van der Waals surface area contributed by atoms with E-state index in [1.54, 1.807) is 26.4 Å². The van der Waals surface area contributed by atoms with E-state index in [9.17, 15) is 9.59 Å². The maximum atomic E-state index is 12.0. The van der Waals surface area contributed by atoms with Crippen LogP contribution in [0.4, 0.5) is 0 Å². The van der Waals surface area contributed by atoms with Gasteiger partial charge in [0.05, 0.1) is 33.6 Å². The van der Waals surface area contributed by atoms with Gasteiger partial charge in [0, 0.05) is 6.54 Å². The number of hydrogen-bond donors (Lipinski definition) is 2. The van der Waals surface area contributed by atoms with Gasteiger partial charge in [0.2, 0.25) is 11.8 Å². The first-order valence-corrected chi connectivity index (χ1v) is 11.2. The Labute approximate surface area is 200 Å². The van der Waals surface area contributed by atoms with Crippen molar-refractivity contribution < 1.29 is 28.5 Å². The van der Waals surface area contributed by atoms with Crippen molar-refractivity contribution in [1.29, 1.82) is 0 Å². The zero-order valence-electron chi connectivity index (χ0n) is 20.2. The highest BCUT2D eigenvalue weighted by atomic mass is 16.5. The fourth-order valence-corrected chi connectivity index (χ4v) is 3.01. The van der Waals surface area contributed by atoms with Crippen LogP contribution < -0.4 is 29.7 Å². The Morgan fingerprint density at radius 1 is 0.912 bits per heavy atom. The smallest absolute Gasteiger partial charge is 0.249 e. The number of methoxy groups -OCH3 is 2. The van der Waals surface area contributed by atoms with Gasteiger partial charge in [0.1, 0.15) is 6.42 Å². The first-order chi connectivity index (χ1) is 16.5. The van der Waals surface area contributed by atoms with Crippen molar-refractivity contribution in [3.05, 3.63) is 47.5 Å². The Balaban J connectivity index is 1.79. The SMILES string of the molecule is CCCOc1ccc(/C=N\NC(=O)CC(=O)NCCc2ccc(OC)c(OC)c2)cc1OCC. The summed E-state index contributed by atoms with van der Waals surface area (Å²) in [5, 5.41) is 6.65. The molecule has 2 rings (SSSR count). The van der Waals surface area contributed by atoms with Gasteiger partial charge in [0.15, 0.2) is 23.0 Å². The Morgan fingerprint density at radius 2 is 1.68 bits per heavy atom. The normalized spacial score (nSPS) is 10.6. The third-order valence-electron chi connectivity index (χ3n) is 4.64. The summed E-state index contributed by atoms with van der Waals surface area (Å²) < 4.78 is 21.8. The number of hydrogen-bond acceptors (Lipinski definition) is 7.